The molecule has 3 atom stereocenters. The monoisotopic (exact) mass is 500 g/mol. The second-order valence-electron chi connectivity index (χ2n) is 8.95. The Morgan fingerprint density at radius 2 is 1.79 bits per heavy atom. The van der Waals surface area contributed by atoms with Crippen LogP contribution in [0.15, 0.2) is 18.2 Å². The molecule has 33 heavy (non-hydrogen) atoms. The van der Waals surface area contributed by atoms with Crippen LogP contribution in [0.4, 0.5) is 4.79 Å². The summed E-state index contributed by atoms with van der Waals surface area (Å²) in [6, 6.07) is 3.85. The van der Waals surface area contributed by atoms with Gasteiger partial charge in [-0.3, -0.25) is 9.59 Å². The van der Waals surface area contributed by atoms with E-state index in [0.29, 0.717) is 47.8 Å². The number of amides is 2. The average molecular weight is 501 g/mol. The molecule has 1 fully saturated rings. The van der Waals surface area contributed by atoms with Gasteiger partial charge in [-0.05, 0) is 64.7 Å². The Bertz CT molecular complexity index is 899. The minimum absolute atomic E-state index is 0.122. The Kier molecular flexibility index (Phi) is 9.55. The molecule has 1 saturated carbocycles. The SMILES string of the molecule is COC(=O)C(CCCCNC(=O)C1CC1C(=O)c1ccc(Cl)c(Cl)c1)NC(=O)OC(C)(C)C. The van der Waals surface area contributed by atoms with E-state index in [2.05, 4.69) is 10.6 Å². The number of ketones is 1. The Labute approximate surface area is 203 Å². The first kappa shape index (κ1) is 26.9. The van der Waals surface area contributed by atoms with E-state index >= 15 is 0 Å². The average Bonchev–Trinajstić information content (AvgIpc) is 3.53. The predicted molar refractivity (Wildman–Crippen MR) is 124 cm³/mol. The second-order valence-corrected chi connectivity index (χ2v) is 9.77. The van der Waals surface area contributed by atoms with Crippen LogP contribution in [0.1, 0.15) is 56.8 Å². The van der Waals surface area contributed by atoms with Gasteiger partial charge in [0, 0.05) is 23.9 Å². The molecule has 0 heterocycles. The summed E-state index contributed by atoms with van der Waals surface area (Å²) in [4.78, 5) is 48.7. The summed E-state index contributed by atoms with van der Waals surface area (Å²) in [5.41, 5.74) is -0.243. The second kappa shape index (κ2) is 11.7. The molecular formula is C23H30Cl2N2O6. The van der Waals surface area contributed by atoms with E-state index < -0.39 is 23.7 Å². The standard InChI is InChI=1S/C23H30Cl2N2O6/c1-23(2,3)33-22(31)27-18(21(30)32-4)7-5-6-10-26-20(29)15-12-14(15)19(28)13-8-9-16(24)17(25)11-13/h8-9,11,14-15,18H,5-7,10,12H2,1-4H3,(H,26,29)(H,27,31). The number of carbonyl (C=O) groups excluding carboxylic acids is 4. The topological polar surface area (TPSA) is 111 Å². The zero-order valence-electron chi connectivity index (χ0n) is 19.2. The van der Waals surface area contributed by atoms with E-state index in [1.54, 1.807) is 32.9 Å². The third-order valence-corrected chi connectivity index (χ3v) is 5.80. The lowest BCUT2D eigenvalue weighted by molar-refractivity contribution is -0.143. The molecule has 1 aliphatic carbocycles. The van der Waals surface area contributed by atoms with Crippen molar-refractivity contribution in [3.05, 3.63) is 33.8 Å². The minimum Gasteiger partial charge on any atom is -0.467 e. The number of nitrogens with one attached hydrogen (secondary N) is 2. The number of rotatable bonds is 10. The molecule has 182 valence electrons. The fraction of sp³-hybridized carbons (Fsp3) is 0.565. The van der Waals surface area contributed by atoms with Crippen molar-refractivity contribution >= 4 is 47.0 Å². The number of halogens is 2. The molecule has 3 unspecified atom stereocenters. The normalized spacial score (nSPS) is 18.1. The van der Waals surface area contributed by atoms with Gasteiger partial charge in [0.2, 0.25) is 5.91 Å². The zero-order chi connectivity index (χ0) is 24.8. The number of benzene rings is 1. The maximum absolute atomic E-state index is 12.5. The highest BCUT2D eigenvalue weighted by Crippen LogP contribution is 2.41. The molecule has 0 spiro atoms. The summed E-state index contributed by atoms with van der Waals surface area (Å²) in [5, 5.41) is 6.01. The van der Waals surface area contributed by atoms with Crippen molar-refractivity contribution in [1.82, 2.24) is 10.6 Å². The van der Waals surface area contributed by atoms with E-state index in [-0.39, 0.29) is 23.5 Å². The predicted octanol–water partition coefficient (Wildman–Crippen LogP) is 4.17. The highest BCUT2D eigenvalue weighted by Gasteiger charge is 2.47. The number of carbonyl (C=O) groups is 4. The molecule has 0 aliphatic heterocycles. The number of unbranched alkanes of at least 4 members (excludes halogenated alkanes) is 1. The lowest BCUT2D eigenvalue weighted by atomic mass is 10.1. The summed E-state index contributed by atoms with van der Waals surface area (Å²) >= 11 is 11.8. The first-order valence-corrected chi connectivity index (χ1v) is 11.5. The molecule has 0 aromatic heterocycles. The summed E-state index contributed by atoms with van der Waals surface area (Å²) in [7, 11) is 1.25. The molecule has 2 amide bonds. The Morgan fingerprint density at radius 1 is 1.09 bits per heavy atom. The fourth-order valence-corrected chi connectivity index (χ4v) is 3.59. The van der Waals surface area contributed by atoms with Gasteiger partial charge in [0.1, 0.15) is 11.6 Å². The van der Waals surface area contributed by atoms with Crippen LogP contribution in [-0.4, -0.2) is 49.1 Å². The summed E-state index contributed by atoms with van der Waals surface area (Å²) < 4.78 is 9.91. The van der Waals surface area contributed by atoms with Crippen LogP contribution in [0.5, 0.6) is 0 Å². The molecule has 1 aliphatic rings. The molecule has 1 aromatic rings. The maximum atomic E-state index is 12.5. The van der Waals surface area contributed by atoms with Crippen LogP contribution >= 0.6 is 23.2 Å². The summed E-state index contributed by atoms with van der Waals surface area (Å²) in [5.74, 6) is -1.58. The van der Waals surface area contributed by atoms with E-state index in [0.717, 1.165) is 0 Å². The Morgan fingerprint density at radius 3 is 2.39 bits per heavy atom. The van der Waals surface area contributed by atoms with Gasteiger partial charge >= 0.3 is 12.1 Å². The molecule has 0 saturated heterocycles. The summed E-state index contributed by atoms with van der Waals surface area (Å²) in [6.07, 6.45) is 1.29. The van der Waals surface area contributed by atoms with E-state index in [1.165, 1.54) is 13.2 Å². The first-order chi connectivity index (χ1) is 15.4. The lowest BCUT2D eigenvalue weighted by Gasteiger charge is -2.22. The fourth-order valence-electron chi connectivity index (χ4n) is 3.30. The molecule has 10 heteroatoms. The van der Waals surface area contributed by atoms with Crippen LogP contribution in [0.25, 0.3) is 0 Å². The molecule has 2 rings (SSSR count). The van der Waals surface area contributed by atoms with Crippen molar-refractivity contribution in [1.29, 1.82) is 0 Å². The van der Waals surface area contributed by atoms with Crippen LogP contribution in [0, 0.1) is 11.8 Å². The Hall–Kier alpha value is -2.32. The van der Waals surface area contributed by atoms with E-state index in [4.69, 9.17) is 32.7 Å². The first-order valence-electron chi connectivity index (χ1n) is 10.8. The number of methoxy groups -OCH3 is 1. The summed E-state index contributed by atoms with van der Waals surface area (Å²) in [6.45, 7) is 5.57. The van der Waals surface area contributed by atoms with Crippen LogP contribution in [0.2, 0.25) is 10.0 Å². The third kappa shape index (κ3) is 8.51. The smallest absolute Gasteiger partial charge is 0.408 e. The maximum Gasteiger partial charge on any atom is 0.408 e. The van der Waals surface area contributed by atoms with Crippen LogP contribution in [0.3, 0.4) is 0 Å². The lowest BCUT2D eigenvalue weighted by Crippen LogP contribution is -2.44. The van der Waals surface area contributed by atoms with Gasteiger partial charge < -0.3 is 20.1 Å². The highest BCUT2D eigenvalue weighted by molar-refractivity contribution is 6.42. The number of esters is 1. The number of ether oxygens (including phenoxy) is 2. The number of Topliss-reactive ketones (excluding diaryl/α,β-unsaturated/α-hetero) is 1. The third-order valence-electron chi connectivity index (χ3n) is 5.06. The van der Waals surface area contributed by atoms with Crippen molar-refractivity contribution in [2.75, 3.05) is 13.7 Å². The number of alkyl carbamates (subject to hydrolysis) is 1. The van der Waals surface area contributed by atoms with Gasteiger partial charge in [0.15, 0.2) is 5.78 Å². The molecular weight excluding hydrogens is 471 g/mol. The minimum atomic E-state index is -0.836. The van der Waals surface area contributed by atoms with Crippen molar-refractivity contribution in [2.45, 2.75) is 58.1 Å². The van der Waals surface area contributed by atoms with Gasteiger partial charge in [-0.25, -0.2) is 9.59 Å². The molecule has 0 bridgehead atoms. The van der Waals surface area contributed by atoms with Gasteiger partial charge in [-0.15, -0.1) is 0 Å². The van der Waals surface area contributed by atoms with Crippen molar-refractivity contribution < 1.29 is 28.7 Å². The number of hydrogen-bond donors (Lipinski definition) is 2. The molecule has 0 radical (unpaired) electrons. The molecule has 1 aromatic carbocycles. The molecule has 2 N–H and O–H groups in total. The Balaban J connectivity index is 1.72. The van der Waals surface area contributed by atoms with Crippen molar-refractivity contribution in [3.63, 3.8) is 0 Å². The van der Waals surface area contributed by atoms with Gasteiger partial charge in [-0.2, -0.15) is 0 Å². The van der Waals surface area contributed by atoms with Crippen molar-refractivity contribution in [3.8, 4) is 0 Å². The van der Waals surface area contributed by atoms with Gasteiger partial charge in [0.25, 0.3) is 0 Å². The van der Waals surface area contributed by atoms with Crippen LogP contribution in [-0.2, 0) is 19.1 Å². The van der Waals surface area contributed by atoms with Gasteiger partial charge in [0.05, 0.1) is 17.2 Å². The quantitative estimate of drug-likeness (QED) is 0.283. The highest BCUT2D eigenvalue weighted by atomic mass is 35.5. The van der Waals surface area contributed by atoms with Crippen LogP contribution < -0.4 is 10.6 Å². The zero-order valence-corrected chi connectivity index (χ0v) is 20.7. The van der Waals surface area contributed by atoms with E-state index in [1.807, 2.05) is 0 Å². The molecule has 8 nitrogen and oxygen atoms in total. The van der Waals surface area contributed by atoms with Crippen molar-refractivity contribution in [2.24, 2.45) is 11.8 Å². The van der Waals surface area contributed by atoms with E-state index in [9.17, 15) is 19.2 Å². The largest absolute Gasteiger partial charge is 0.467 e. The number of hydrogen-bond acceptors (Lipinski definition) is 6. The van der Waals surface area contributed by atoms with Gasteiger partial charge in [-0.1, -0.05) is 23.2 Å².